The molecule has 0 fully saturated rings. The maximum Gasteiger partial charge on any atom is 0.134 e. The van der Waals surface area contributed by atoms with Gasteiger partial charge in [0.15, 0.2) is 0 Å². The van der Waals surface area contributed by atoms with E-state index >= 15 is 0 Å². The Morgan fingerprint density at radius 3 is 2.53 bits per heavy atom. The van der Waals surface area contributed by atoms with Crippen molar-refractivity contribution in [2.75, 3.05) is 11.4 Å². The Morgan fingerprint density at radius 1 is 1.16 bits per heavy atom. The number of aliphatic hydroxyl groups excluding tert-OH is 1. The van der Waals surface area contributed by atoms with E-state index in [-0.39, 0.29) is 0 Å². The van der Waals surface area contributed by atoms with Crippen molar-refractivity contribution < 1.29 is 5.11 Å². The Kier molecular flexibility index (Phi) is 4.53. The smallest absolute Gasteiger partial charge is 0.134 e. The van der Waals surface area contributed by atoms with E-state index in [1.807, 2.05) is 30.3 Å². The van der Waals surface area contributed by atoms with Crippen molar-refractivity contribution in [3.63, 3.8) is 0 Å². The minimum absolute atomic E-state index is 0.506. The molecule has 0 aliphatic carbocycles. The van der Waals surface area contributed by atoms with Crippen molar-refractivity contribution >= 4 is 5.82 Å². The van der Waals surface area contributed by atoms with E-state index in [4.69, 9.17) is 0 Å². The monoisotopic (exact) mass is 256 g/mol. The van der Waals surface area contributed by atoms with Gasteiger partial charge in [0.2, 0.25) is 0 Å². The molecule has 0 unspecified atom stereocenters. The van der Waals surface area contributed by atoms with Gasteiger partial charge in [-0.2, -0.15) is 0 Å². The van der Waals surface area contributed by atoms with Crippen LogP contribution in [0.5, 0.6) is 0 Å². The van der Waals surface area contributed by atoms with Crippen LogP contribution in [0.3, 0.4) is 0 Å². The quantitative estimate of drug-likeness (QED) is 0.892. The fourth-order valence-corrected chi connectivity index (χ4v) is 2.14. The van der Waals surface area contributed by atoms with Gasteiger partial charge in [-0.1, -0.05) is 36.4 Å². The summed E-state index contributed by atoms with van der Waals surface area (Å²) in [6, 6.07) is 14.1. The lowest BCUT2D eigenvalue weighted by atomic mass is 10.1. The van der Waals surface area contributed by atoms with E-state index in [0.717, 1.165) is 24.5 Å². The van der Waals surface area contributed by atoms with Gasteiger partial charge in [-0.15, -0.1) is 0 Å². The highest BCUT2D eigenvalue weighted by atomic mass is 16.3. The fourth-order valence-electron chi connectivity index (χ4n) is 2.14. The van der Waals surface area contributed by atoms with E-state index in [1.165, 1.54) is 5.56 Å². The number of aliphatic hydroxyl groups is 1. The highest BCUT2D eigenvalue weighted by Gasteiger charge is 2.14. The molecule has 1 aromatic carbocycles. The lowest BCUT2D eigenvalue weighted by Gasteiger charge is -2.25. The van der Waals surface area contributed by atoms with Crippen molar-refractivity contribution in [1.29, 1.82) is 0 Å². The average molecular weight is 256 g/mol. The van der Waals surface area contributed by atoms with Crippen LogP contribution in [0.2, 0.25) is 0 Å². The molecule has 0 aliphatic rings. The van der Waals surface area contributed by atoms with E-state index in [9.17, 15) is 5.11 Å². The van der Waals surface area contributed by atoms with Crippen LogP contribution in [0.4, 0.5) is 5.82 Å². The fraction of sp³-hybridized carbons (Fsp3) is 0.312. The van der Waals surface area contributed by atoms with Crippen LogP contribution in [0, 0.1) is 0 Å². The molecule has 0 bridgehead atoms. The van der Waals surface area contributed by atoms with Gasteiger partial charge in [-0.25, -0.2) is 4.98 Å². The molecule has 2 aromatic rings. The first-order valence-electron chi connectivity index (χ1n) is 6.64. The van der Waals surface area contributed by atoms with Crippen LogP contribution in [-0.2, 0) is 6.54 Å². The number of hydrogen-bond donors (Lipinski definition) is 1. The molecule has 1 atom stereocenters. The summed E-state index contributed by atoms with van der Waals surface area (Å²) < 4.78 is 0. The molecule has 2 rings (SSSR count). The number of rotatable bonds is 5. The molecule has 0 aliphatic heterocycles. The minimum Gasteiger partial charge on any atom is -0.389 e. The second-order valence-electron chi connectivity index (χ2n) is 4.59. The summed E-state index contributed by atoms with van der Waals surface area (Å²) in [6.45, 7) is 5.53. The third-order valence-electron chi connectivity index (χ3n) is 3.16. The zero-order chi connectivity index (χ0) is 13.7. The molecule has 1 N–H and O–H groups in total. The SMILES string of the molecule is CCN(Cc1ccccc1)c1ncccc1[C@H](C)O. The molecule has 0 saturated carbocycles. The topological polar surface area (TPSA) is 36.4 Å². The van der Waals surface area contributed by atoms with Gasteiger partial charge in [-0.3, -0.25) is 0 Å². The van der Waals surface area contributed by atoms with Crippen molar-refractivity contribution in [3.05, 3.63) is 59.8 Å². The molecule has 19 heavy (non-hydrogen) atoms. The molecular weight excluding hydrogens is 236 g/mol. The summed E-state index contributed by atoms with van der Waals surface area (Å²) in [6.07, 6.45) is 1.27. The standard InChI is InChI=1S/C16H20N2O/c1-3-18(12-14-8-5-4-6-9-14)16-15(13(2)19)10-7-11-17-16/h4-11,13,19H,3,12H2,1-2H3/t13-/m0/s1. The van der Waals surface area contributed by atoms with Crippen LogP contribution in [0.1, 0.15) is 31.1 Å². The third kappa shape index (κ3) is 3.32. The second-order valence-corrected chi connectivity index (χ2v) is 4.59. The number of benzene rings is 1. The van der Waals surface area contributed by atoms with Crippen LogP contribution < -0.4 is 4.90 Å². The zero-order valence-corrected chi connectivity index (χ0v) is 11.5. The minimum atomic E-state index is -0.506. The predicted molar refractivity (Wildman–Crippen MR) is 78.0 cm³/mol. The molecule has 0 spiro atoms. The Balaban J connectivity index is 2.27. The van der Waals surface area contributed by atoms with E-state index in [1.54, 1.807) is 13.1 Å². The summed E-state index contributed by atoms with van der Waals surface area (Å²) in [7, 11) is 0. The largest absolute Gasteiger partial charge is 0.389 e. The molecule has 100 valence electrons. The van der Waals surface area contributed by atoms with Gasteiger partial charge in [0.05, 0.1) is 6.10 Å². The Hall–Kier alpha value is -1.87. The number of anilines is 1. The average Bonchev–Trinajstić information content (AvgIpc) is 2.46. The van der Waals surface area contributed by atoms with Gasteiger partial charge in [0.1, 0.15) is 5.82 Å². The van der Waals surface area contributed by atoms with Gasteiger partial charge < -0.3 is 10.0 Å². The maximum atomic E-state index is 9.85. The second kappa shape index (κ2) is 6.34. The van der Waals surface area contributed by atoms with Crippen molar-refractivity contribution in [2.45, 2.75) is 26.5 Å². The van der Waals surface area contributed by atoms with Crippen LogP contribution in [0.15, 0.2) is 48.7 Å². The summed E-state index contributed by atoms with van der Waals surface area (Å²) in [5, 5.41) is 9.85. The zero-order valence-electron chi connectivity index (χ0n) is 11.5. The molecule has 0 amide bonds. The molecule has 1 heterocycles. The van der Waals surface area contributed by atoms with Gasteiger partial charge in [-0.05, 0) is 25.5 Å². The van der Waals surface area contributed by atoms with E-state index in [0.29, 0.717) is 0 Å². The molecule has 0 saturated heterocycles. The molecule has 1 aromatic heterocycles. The molecule has 3 nitrogen and oxygen atoms in total. The van der Waals surface area contributed by atoms with Crippen LogP contribution in [0.25, 0.3) is 0 Å². The van der Waals surface area contributed by atoms with Crippen molar-refractivity contribution in [3.8, 4) is 0 Å². The molecular formula is C16H20N2O. The Labute approximate surface area is 114 Å². The maximum absolute atomic E-state index is 9.85. The number of hydrogen-bond acceptors (Lipinski definition) is 3. The summed E-state index contributed by atoms with van der Waals surface area (Å²) in [5.41, 5.74) is 2.12. The first-order valence-corrected chi connectivity index (χ1v) is 6.64. The third-order valence-corrected chi connectivity index (χ3v) is 3.16. The van der Waals surface area contributed by atoms with Gasteiger partial charge in [0, 0.05) is 24.8 Å². The van der Waals surface area contributed by atoms with E-state index in [2.05, 4.69) is 28.9 Å². The lowest BCUT2D eigenvalue weighted by Crippen LogP contribution is -2.24. The predicted octanol–water partition coefficient (Wildman–Crippen LogP) is 3.16. The summed E-state index contributed by atoms with van der Waals surface area (Å²) in [5.74, 6) is 0.865. The summed E-state index contributed by atoms with van der Waals surface area (Å²) in [4.78, 5) is 6.61. The van der Waals surface area contributed by atoms with Crippen molar-refractivity contribution in [1.82, 2.24) is 4.98 Å². The first-order chi connectivity index (χ1) is 9.22. The molecule has 3 heteroatoms. The first kappa shape index (κ1) is 13.6. The number of aromatic nitrogens is 1. The van der Waals surface area contributed by atoms with Crippen LogP contribution >= 0.6 is 0 Å². The molecule has 0 radical (unpaired) electrons. The Morgan fingerprint density at radius 2 is 1.89 bits per heavy atom. The summed E-state index contributed by atoms with van der Waals surface area (Å²) >= 11 is 0. The highest BCUT2D eigenvalue weighted by Crippen LogP contribution is 2.24. The van der Waals surface area contributed by atoms with Crippen molar-refractivity contribution in [2.24, 2.45) is 0 Å². The Bertz CT molecular complexity index is 511. The van der Waals surface area contributed by atoms with E-state index < -0.39 is 6.10 Å². The van der Waals surface area contributed by atoms with Gasteiger partial charge >= 0.3 is 0 Å². The van der Waals surface area contributed by atoms with Gasteiger partial charge in [0.25, 0.3) is 0 Å². The van der Waals surface area contributed by atoms with Crippen LogP contribution in [-0.4, -0.2) is 16.6 Å². The number of nitrogens with zero attached hydrogens (tertiary/aromatic N) is 2. The highest BCUT2D eigenvalue weighted by molar-refractivity contribution is 5.48. The normalized spacial score (nSPS) is 12.2. The lowest BCUT2D eigenvalue weighted by molar-refractivity contribution is 0.199. The number of pyridine rings is 1.